The van der Waals surface area contributed by atoms with Gasteiger partial charge in [0.2, 0.25) is 5.82 Å². The molecule has 0 aliphatic rings. The highest BCUT2D eigenvalue weighted by Crippen LogP contribution is 2.19. The number of benzene rings is 1. The van der Waals surface area contributed by atoms with Gasteiger partial charge in [-0.3, -0.25) is 4.79 Å². The first-order valence-electron chi connectivity index (χ1n) is 7.14. The number of carbonyl (C=O) groups excluding carboxylic acids is 1. The summed E-state index contributed by atoms with van der Waals surface area (Å²) in [5.41, 5.74) is 1.02. The molecule has 2 heterocycles. The molecule has 0 spiro atoms. The Kier molecular flexibility index (Phi) is 3.65. The van der Waals surface area contributed by atoms with Crippen molar-refractivity contribution >= 4 is 11.6 Å². The van der Waals surface area contributed by atoms with E-state index < -0.39 is 0 Å². The molecule has 0 saturated heterocycles. The maximum absolute atomic E-state index is 12.4. The Hall–Kier alpha value is -3.03. The van der Waals surface area contributed by atoms with Crippen molar-refractivity contribution in [2.24, 2.45) is 0 Å². The quantitative estimate of drug-likeness (QED) is 0.797. The molecule has 118 valence electrons. The summed E-state index contributed by atoms with van der Waals surface area (Å²) in [4.78, 5) is 17.9. The molecule has 0 fully saturated rings. The highest BCUT2D eigenvalue weighted by molar-refractivity contribution is 6.02. The van der Waals surface area contributed by atoms with Crippen molar-refractivity contribution in [1.29, 1.82) is 0 Å². The Morgan fingerprint density at radius 1 is 1.13 bits per heavy atom. The van der Waals surface area contributed by atoms with Crippen LogP contribution in [0.25, 0.3) is 5.69 Å². The molecule has 1 N–H and O–H groups in total. The summed E-state index contributed by atoms with van der Waals surface area (Å²) < 4.78 is 1.66. The maximum Gasteiger partial charge on any atom is 0.295 e. The molecule has 0 aliphatic carbocycles. The van der Waals surface area contributed by atoms with Gasteiger partial charge in [-0.15, -0.1) is 9.90 Å². The van der Waals surface area contributed by atoms with E-state index in [1.54, 1.807) is 29.5 Å². The molecule has 1 amide bonds. The fourth-order valence-electron chi connectivity index (χ4n) is 1.96. The van der Waals surface area contributed by atoms with Crippen molar-refractivity contribution in [2.75, 3.05) is 5.32 Å². The van der Waals surface area contributed by atoms with Gasteiger partial charge in [-0.2, -0.15) is 10.2 Å². The van der Waals surface area contributed by atoms with Crippen LogP contribution in [0.4, 0.5) is 5.69 Å². The number of rotatable bonds is 3. The minimum atomic E-state index is -0.382. The minimum absolute atomic E-state index is 0.114. The van der Waals surface area contributed by atoms with Gasteiger partial charge in [0.25, 0.3) is 5.91 Å². The van der Waals surface area contributed by atoms with Crippen LogP contribution in [0.15, 0.2) is 43.0 Å². The van der Waals surface area contributed by atoms with E-state index in [1.807, 2.05) is 39.0 Å². The average molecular weight is 311 g/mol. The van der Waals surface area contributed by atoms with Crippen LogP contribution in [0, 0.1) is 0 Å². The molecule has 0 atom stereocenters. The maximum atomic E-state index is 12.4. The number of aromatic nitrogens is 6. The standard InChI is InChI=1S/C15H17N7O/c1-15(2,3)21-10-16-13(20-21)14(23)19-11-6-4-5-7-12(11)22-17-8-9-18-22/h4-10H,1-3H3,(H,19,23). The third-order valence-electron chi connectivity index (χ3n) is 3.17. The zero-order valence-corrected chi connectivity index (χ0v) is 13.1. The van der Waals surface area contributed by atoms with Gasteiger partial charge in [0.05, 0.1) is 23.6 Å². The molecule has 0 unspecified atom stereocenters. The van der Waals surface area contributed by atoms with E-state index in [-0.39, 0.29) is 17.3 Å². The second-order valence-corrected chi connectivity index (χ2v) is 5.97. The molecule has 8 nitrogen and oxygen atoms in total. The second-order valence-electron chi connectivity index (χ2n) is 5.97. The molecule has 23 heavy (non-hydrogen) atoms. The molecule has 1 aromatic carbocycles. The van der Waals surface area contributed by atoms with Crippen molar-refractivity contribution in [1.82, 2.24) is 29.8 Å². The number of hydrogen-bond acceptors (Lipinski definition) is 5. The molecule has 0 radical (unpaired) electrons. The highest BCUT2D eigenvalue weighted by Gasteiger charge is 2.19. The summed E-state index contributed by atoms with van der Waals surface area (Å²) in [6.07, 6.45) is 4.70. The van der Waals surface area contributed by atoms with Crippen LogP contribution in [0.3, 0.4) is 0 Å². The number of hydrogen-bond donors (Lipinski definition) is 1. The molecule has 2 aromatic heterocycles. The van der Waals surface area contributed by atoms with E-state index in [0.29, 0.717) is 11.4 Å². The van der Waals surface area contributed by atoms with Crippen molar-refractivity contribution in [3.05, 3.63) is 48.8 Å². The Bertz CT molecular complexity index is 814. The van der Waals surface area contributed by atoms with Gasteiger partial charge in [-0.05, 0) is 32.9 Å². The van der Waals surface area contributed by atoms with Crippen LogP contribution < -0.4 is 5.32 Å². The van der Waals surface area contributed by atoms with Gasteiger partial charge >= 0.3 is 0 Å². The Morgan fingerprint density at radius 2 is 1.83 bits per heavy atom. The molecule has 8 heteroatoms. The first-order valence-corrected chi connectivity index (χ1v) is 7.14. The fourth-order valence-corrected chi connectivity index (χ4v) is 1.96. The van der Waals surface area contributed by atoms with E-state index in [1.165, 1.54) is 4.80 Å². The van der Waals surface area contributed by atoms with E-state index in [4.69, 9.17) is 0 Å². The largest absolute Gasteiger partial charge is 0.317 e. The zero-order valence-electron chi connectivity index (χ0n) is 13.1. The van der Waals surface area contributed by atoms with E-state index in [9.17, 15) is 4.79 Å². The van der Waals surface area contributed by atoms with Crippen LogP contribution >= 0.6 is 0 Å². The first kappa shape index (κ1) is 14.9. The number of nitrogens with zero attached hydrogens (tertiary/aromatic N) is 6. The number of para-hydroxylation sites is 2. The summed E-state index contributed by atoms with van der Waals surface area (Å²) in [5.74, 6) is -0.268. The number of nitrogens with one attached hydrogen (secondary N) is 1. The van der Waals surface area contributed by atoms with Crippen LogP contribution in [0.5, 0.6) is 0 Å². The van der Waals surface area contributed by atoms with Crippen LogP contribution in [-0.4, -0.2) is 35.7 Å². The first-order chi connectivity index (χ1) is 10.9. The number of carbonyl (C=O) groups is 1. The Labute approximate surface area is 133 Å². The van der Waals surface area contributed by atoms with Gasteiger partial charge in [0.1, 0.15) is 12.0 Å². The fraction of sp³-hybridized carbons (Fsp3) is 0.267. The molecule has 0 bridgehead atoms. The van der Waals surface area contributed by atoms with Gasteiger partial charge < -0.3 is 5.32 Å². The summed E-state index contributed by atoms with van der Waals surface area (Å²) >= 11 is 0. The van der Waals surface area contributed by atoms with Gasteiger partial charge in [-0.1, -0.05) is 12.1 Å². The number of anilines is 1. The van der Waals surface area contributed by atoms with Gasteiger partial charge in [0, 0.05) is 0 Å². The predicted molar refractivity (Wildman–Crippen MR) is 84.3 cm³/mol. The summed E-state index contributed by atoms with van der Waals surface area (Å²) in [6.45, 7) is 5.96. The summed E-state index contributed by atoms with van der Waals surface area (Å²) in [7, 11) is 0. The predicted octanol–water partition coefficient (Wildman–Crippen LogP) is 1.87. The zero-order chi connectivity index (χ0) is 16.4. The smallest absolute Gasteiger partial charge is 0.295 e. The lowest BCUT2D eigenvalue weighted by molar-refractivity contribution is 0.101. The average Bonchev–Trinajstić information content (AvgIpc) is 3.19. The van der Waals surface area contributed by atoms with Gasteiger partial charge in [0.15, 0.2) is 0 Å². The molecule has 3 rings (SSSR count). The third-order valence-corrected chi connectivity index (χ3v) is 3.17. The van der Waals surface area contributed by atoms with Crippen molar-refractivity contribution < 1.29 is 4.79 Å². The minimum Gasteiger partial charge on any atom is -0.317 e. The molecular weight excluding hydrogens is 294 g/mol. The summed E-state index contributed by atoms with van der Waals surface area (Å²) in [5, 5.41) is 15.2. The van der Waals surface area contributed by atoms with Crippen LogP contribution in [0.2, 0.25) is 0 Å². The van der Waals surface area contributed by atoms with Gasteiger partial charge in [-0.25, -0.2) is 9.67 Å². The Morgan fingerprint density at radius 3 is 2.48 bits per heavy atom. The van der Waals surface area contributed by atoms with Crippen molar-refractivity contribution in [2.45, 2.75) is 26.3 Å². The molecule has 0 saturated carbocycles. The van der Waals surface area contributed by atoms with E-state index in [2.05, 4.69) is 25.6 Å². The van der Waals surface area contributed by atoms with E-state index >= 15 is 0 Å². The lowest BCUT2D eigenvalue weighted by atomic mass is 10.1. The summed E-state index contributed by atoms with van der Waals surface area (Å²) in [6, 6.07) is 7.26. The topological polar surface area (TPSA) is 90.5 Å². The Balaban J connectivity index is 1.85. The SMILES string of the molecule is CC(C)(C)n1cnc(C(=O)Nc2ccccc2-n2nccn2)n1. The second kappa shape index (κ2) is 5.64. The number of amides is 1. The molecule has 3 aromatic rings. The normalized spacial score (nSPS) is 11.4. The molecular formula is C15H17N7O. The van der Waals surface area contributed by atoms with Crippen molar-refractivity contribution in [3.8, 4) is 5.69 Å². The molecule has 0 aliphatic heterocycles. The third kappa shape index (κ3) is 3.10. The van der Waals surface area contributed by atoms with Crippen LogP contribution in [-0.2, 0) is 5.54 Å². The van der Waals surface area contributed by atoms with E-state index in [0.717, 1.165) is 0 Å². The van der Waals surface area contributed by atoms with Crippen molar-refractivity contribution in [3.63, 3.8) is 0 Å². The monoisotopic (exact) mass is 311 g/mol. The van der Waals surface area contributed by atoms with Crippen LogP contribution in [0.1, 0.15) is 31.4 Å². The lowest BCUT2D eigenvalue weighted by Crippen LogP contribution is -2.23. The highest BCUT2D eigenvalue weighted by atomic mass is 16.2. The lowest BCUT2D eigenvalue weighted by Gasteiger charge is -2.17.